The molecule has 0 bridgehead atoms. The molecule has 0 radical (unpaired) electrons. The van der Waals surface area contributed by atoms with Crippen LogP contribution in [0.5, 0.6) is 0 Å². The van der Waals surface area contributed by atoms with Gasteiger partial charge in [0.05, 0.1) is 6.61 Å². The number of rotatable bonds is 7. The highest BCUT2D eigenvalue weighted by Crippen LogP contribution is 2.17. The standard InChI is InChI=1S/C19H27NO2/c1-2-22-19(21)14-13-18(20-15-7-4-8-16-20)12-11-17-9-5-3-6-10-17/h3,5-6,9-10,13-14,18H,2,4,7-8,11-12,15-16H2,1H3/b14-13+. The summed E-state index contributed by atoms with van der Waals surface area (Å²) in [4.78, 5) is 14.1. The van der Waals surface area contributed by atoms with E-state index in [1.54, 1.807) is 6.08 Å². The number of carbonyl (C=O) groups excluding carboxylic acids is 1. The lowest BCUT2D eigenvalue weighted by molar-refractivity contribution is -0.137. The summed E-state index contributed by atoms with van der Waals surface area (Å²) in [7, 11) is 0. The quantitative estimate of drug-likeness (QED) is 0.569. The molecule has 1 aliphatic heterocycles. The zero-order chi connectivity index (χ0) is 15.6. The van der Waals surface area contributed by atoms with Crippen LogP contribution < -0.4 is 0 Å². The van der Waals surface area contributed by atoms with Gasteiger partial charge in [0.1, 0.15) is 0 Å². The van der Waals surface area contributed by atoms with E-state index in [0.29, 0.717) is 12.6 Å². The Hall–Kier alpha value is -1.61. The molecule has 0 aromatic heterocycles. The first-order chi connectivity index (χ1) is 10.8. The summed E-state index contributed by atoms with van der Waals surface area (Å²) in [5.74, 6) is -0.232. The maximum Gasteiger partial charge on any atom is 0.330 e. The maximum absolute atomic E-state index is 11.6. The summed E-state index contributed by atoms with van der Waals surface area (Å²) < 4.78 is 5.00. The van der Waals surface area contributed by atoms with Crippen LogP contribution in [0.3, 0.4) is 0 Å². The molecule has 3 heteroatoms. The number of hydrogen-bond donors (Lipinski definition) is 0. The van der Waals surface area contributed by atoms with Crippen LogP contribution >= 0.6 is 0 Å². The van der Waals surface area contributed by atoms with Crippen LogP contribution in [0, 0.1) is 0 Å². The average Bonchev–Trinajstić information content (AvgIpc) is 2.57. The Bertz CT molecular complexity index is 464. The number of benzene rings is 1. The molecule has 1 saturated heterocycles. The predicted octanol–water partition coefficient (Wildman–Crippen LogP) is 3.59. The second kappa shape index (κ2) is 9.42. The number of carbonyl (C=O) groups is 1. The molecule has 0 saturated carbocycles. The first-order valence-corrected chi connectivity index (χ1v) is 8.42. The minimum absolute atomic E-state index is 0.232. The number of hydrogen-bond acceptors (Lipinski definition) is 3. The number of ether oxygens (including phenoxy) is 1. The first kappa shape index (κ1) is 16.8. The number of likely N-dealkylation sites (tertiary alicyclic amines) is 1. The largest absolute Gasteiger partial charge is 0.463 e. The molecule has 3 nitrogen and oxygen atoms in total. The molecule has 22 heavy (non-hydrogen) atoms. The molecule has 1 heterocycles. The zero-order valence-corrected chi connectivity index (χ0v) is 13.5. The van der Waals surface area contributed by atoms with Crippen molar-refractivity contribution in [2.45, 2.75) is 45.1 Å². The van der Waals surface area contributed by atoms with Crippen molar-refractivity contribution in [3.8, 4) is 0 Å². The third kappa shape index (κ3) is 5.64. The lowest BCUT2D eigenvalue weighted by atomic mass is 10.0. The summed E-state index contributed by atoms with van der Waals surface area (Å²) in [5.41, 5.74) is 1.36. The van der Waals surface area contributed by atoms with Crippen LogP contribution in [0.1, 0.15) is 38.2 Å². The van der Waals surface area contributed by atoms with E-state index in [1.807, 2.05) is 19.1 Å². The van der Waals surface area contributed by atoms with Gasteiger partial charge < -0.3 is 4.74 Å². The Labute approximate surface area is 134 Å². The molecule has 0 N–H and O–H groups in total. The number of piperidine rings is 1. The maximum atomic E-state index is 11.6. The minimum atomic E-state index is -0.232. The topological polar surface area (TPSA) is 29.5 Å². The molecule has 1 aromatic rings. The van der Waals surface area contributed by atoms with Crippen molar-refractivity contribution in [2.24, 2.45) is 0 Å². The third-order valence-corrected chi connectivity index (χ3v) is 4.17. The molecule has 0 amide bonds. The molecule has 120 valence electrons. The van der Waals surface area contributed by atoms with E-state index < -0.39 is 0 Å². The fourth-order valence-corrected chi connectivity index (χ4v) is 2.99. The Balaban J connectivity index is 1.95. The van der Waals surface area contributed by atoms with Gasteiger partial charge in [-0.2, -0.15) is 0 Å². The Kier molecular flexibility index (Phi) is 7.17. The van der Waals surface area contributed by atoms with E-state index in [0.717, 1.165) is 25.9 Å². The van der Waals surface area contributed by atoms with Crippen molar-refractivity contribution in [2.75, 3.05) is 19.7 Å². The van der Waals surface area contributed by atoms with Crippen molar-refractivity contribution in [1.29, 1.82) is 0 Å². The molecule has 0 aliphatic carbocycles. The van der Waals surface area contributed by atoms with Crippen LogP contribution in [0.25, 0.3) is 0 Å². The van der Waals surface area contributed by atoms with Gasteiger partial charge in [-0.25, -0.2) is 4.79 Å². The molecule has 1 atom stereocenters. The normalized spacial score (nSPS) is 17.5. The van der Waals surface area contributed by atoms with Gasteiger partial charge in [-0.1, -0.05) is 42.8 Å². The number of nitrogens with zero attached hydrogens (tertiary/aromatic N) is 1. The molecule has 2 rings (SSSR count). The minimum Gasteiger partial charge on any atom is -0.463 e. The lowest BCUT2D eigenvalue weighted by Crippen LogP contribution is -2.38. The molecule has 1 aromatic carbocycles. The fourth-order valence-electron chi connectivity index (χ4n) is 2.99. The fraction of sp³-hybridized carbons (Fsp3) is 0.526. The van der Waals surface area contributed by atoms with Crippen molar-refractivity contribution in [3.63, 3.8) is 0 Å². The molecule has 1 fully saturated rings. The van der Waals surface area contributed by atoms with E-state index in [4.69, 9.17) is 4.74 Å². The first-order valence-electron chi connectivity index (χ1n) is 8.42. The van der Waals surface area contributed by atoms with Gasteiger partial charge in [0.25, 0.3) is 0 Å². The zero-order valence-electron chi connectivity index (χ0n) is 13.5. The summed E-state index contributed by atoms with van der Waals surface area (Å²) in [5, 5.41) is 0. The van der Waals surface area contributed by atoms with Crippen molar-refractivity contribution in [3.05, 3.63) is 48.0 Å². The van der Waals surface area contributed by atoms with E-state index in [-0.39, 0.29) is 5.97 Å². The second-order valence-electron chi connectivity index (χ2n) is 5.80. The van der Waals surface area contributed by atoms with E-state index >= 15 is 0 Å². The highest BCUT2D eigenvalue weighted by atomic mass is 16.5. The van der Waals surface area contributed by atoms with Crippen molar-refractivity contribution < 1.29 is 9.53 Å². The Morgan fingerprint density at radius 1 is 1.23 bits per heavy atom. The lowest BCUT2D eigenvalue weighted by Gasteiger charge is -2.33. The third-order valence-electron chi connectivity index (χ3n) is 4.17. The van der Waals surface area contributed by atoms with Gasteiger partial charge in [0.2, 0.25) is 0 Å². The van der Waals surface area contributed by atoms with E-state index in [2.05, 4.69) is 29.2 Å². The van der Waals surface area contributed by atoms with Gasteiger partial charge in [-0.15, -0.1) is 0 Å². The summed E-state index contributed by atoms with van der Waals surface area (Å²) in [6.07, 6.45) is 9.56. The summed E-state index contributed by atoms with van der Waals surface area (Å²) in [6, 6.07) is 10.9. The van der Waals surface area contributed by atoms with Crippen LogP contribution in [0.15, 0.2) is 42.5 Å². The average molecular weight is 301 g/mol. The van der Waals surface area contributed by atoms with Crippen LogP contribution in [0.4, 0.5) is 0 Å². The van der Waals surface area contributed by atoms with Crippen LogP contribution in [-0.4, -0.2) is 36.6 Å². The van der Waals surface area contributed by atoms with Crippen molar-refractivity contribution in [1.82, 2.24) is 4.90 Å². The summed E-state index contributed by atoms with van der Waals surface area (Å²) in [6.45, 7) is 4.53. The van der Waals surface area contributed by atoms with Gasteiger partial charge in [0, 0.05) is 12.1 Å². The Morgan fingerprint density at radius 2 is 1.95 bits per heavy atom. The van der Waals surface area contributed by atoms with Gasteiger partial charge in [-0.05, 0) is 51.3 Å². The highest BCUT2D eigenvalue weighted by Gasteiger charge is 2.18. The Morgan fingerprint density at radius 3 is 2.64 bits per heavy atom. The predicted molar refractivity (Wildman–Crippen MR) is 89.7 cm³/mol. The number of esters is 1. The van der Waals surface area contributed by atoms with Gasteiger partial charge in [0.15, 0.2) is 0 Å². The molecular weight excluding hydrogens is 274 g/mol. The highest BCUT2D eigenvalue weighted by molar-refractivity contribution is 5.81. The van der Waals surface area contributed by atoms with Gasteiger partial charge in [-0.3, -0.25) is 4.90 Å². The smallest absolute Gasteiger partial charge is 0.330 e. The second-order valence-corrected chi connectivity index (χ2v) is 5.80. The SMILES string of the molecule is CCOC(=O)/C=C/C(CCc1ccccc1)N1CCCCC1. The molecule has 1 aliphatic rings. The summed E-state index contributed by atoms with van der Waals surface area (Å²) >= 11 is 0. The van der Waals surface area contributed by atoms with Crippen molar-refractivity contribution >= 4 is 5.97 Å². The number of aryl methyl sites for hydroxylation is 1. The molecule has 0 spiro atoms. The monoisotopic (exact) mass is 301 g/mol. The molecular formula is C19H27NO2. The van der Waals surface area contributed by atoms with Crippen LogP contribution in [-0.2, 0) is 16.0 Å². The van der Waals surface area contributed by atoms with E-state index in [9.17, 15) is 4.79 Å². The van der Waals surface area contributed by atoms with E-state index in [1.165, 1.54) is 24.8 Å². The molecule has 1 unspecified atom stereocenters. The van der Waals surface area contributed by atoms with Gasteiger partial charge >= 0.3 is 5.97 Å². The van der Waals surface area contributed by atoms with Crippen LogP contribution in [0.2, 0.25) is 0 Å².